The number of hydrazone groups is 1. The van der Waals surface area contributed by atoms with E-state index < -0.39 is 38.0 Å². The monoisotopic (exact) mass is 333 g/mol. The highest BCUT2D eigenvalue weighted by molar-refractivity contribution is 7.90. The molecule has 4 N–H and O–H groups in total. The van der Waals surface area contributed by atoms with Gasteiger partial charge >= 0.3 is 6.18 Å². The molecule has 1 rings (SSSR count). The average Bonchev–Trinajstić information content (AvgIpc) is 2.36. The molecule has 0 aliphatic heterocycles. The molecule has 0 aliphatic rings. The van der Waals surface area contributed by atoms with Crippen molar-refractivity contribution in [1.82, 2.24) is 0 Å². The third-order valence-corrected chi connectivity index (χ3v) is 3.50. The van der Waals surface area contributed by atoms with Crippen molar-refractivity contribution in [2.24, 2.45) is 10.8 Å². The number of hydrogen-bond donors (Lipinski definition) is 3. The second-order valence-electron chi connectivity index (χ2n) is 4.08. The highest BCUT2D eigenvalue weighted by Crippen LogP contribution is 2.35. The van der Waals surface area contributed by atoms with Crippen LogP contribution in [-0.2, 0) is 16.0 Å². The molecule has 0 amide bonds. The van der Waals surface area contributed by atoms with E-state index in [-0.39, 0.29) is 5.69 Å². The number of alkyl halides is 3. The second-order valence-corrected chi connectivity index (χ2v) is 6.06. The van der Waals surface area contributed by atoms with E-state index in [4.69, 9.17) is 16.4 Å². The molecule has 11 heteroatoms. The molecule has 118 valence electrons. The van der Waals surface area contributed by atoms with E-state index in [1.807, 2.05) is 0 Å². The molecule has 0 spiro atoms. The number of benzene rings is 1. The van der Waals surface area contributed by atoms with Crippen LogP contribution >= 0.6 is 0 Å². The number of nitrogens with zero attached hydrogens (tertiary/aromatic N) is 2. The van der Waals surface area contributed by atoms with Gasteiger partial charge in [-0.05, 0) is 18.2 Å². The zero-order valence-corrected chi connectivity index (χ0v) is 11.9. The van der Waals surface area contributed by atoms with Crippen LogP contribution in [0.15, 0.2) is 28.2 Å². The van der Waals surface area contributed by atoms with Crippen LogP contribution in [-0.4, -0.2) is 26.2 Å². The number of nitrogens with one attached hydrogen (secondary N) is 2. The number of nitriles is 1. The summed E-state index contributed by atoms with van der Waals surface area (Å²) in [5.41, 5.74) is 5.03. The molecule has 0 atom stereocenters. The van der Waals surface area contributed by atoms with Gasteiger partial charge in [-0.3, -0.25) is 10.8 Å². The maximum absolute atomic E-state index is 12.9. The quantitative estimate of drug-likeness (QED) is 0.434. The summed E-state index contributed by atoms with van der Waals surface area (Å²) in [7, 11) is -4.07. The summed E-state index contributed by atoms with van der Waals surface area (Å²) in [4.78, 5) is -0.874. The molecule has 1 aromatic carbocycles. The molecule has 22 heavy (non-hydrogen) atoms. The number of anilines is 1. The summed E-state index contributed by atoms with van der Waals surface area (Å²) in [6, 6.07) is 3.83. The van der Waals surface area contributed by atoms with E-state index in [0.717, 1.165) is 12.1 Å². The van der Waals surface area contributed by atoms with Crippen LogP contribution < -0.4 is 11.2 Å². The molecule has 0 aromatic heterocycles. The highest BCUT2D eigenvalue weighted by Gasteiger charge is 2.36. The van der Waals surface area contributed by atoms with Gasteiger partial charge in [0.25, 0.3) is 0 Å². The van der Waals surface area contributed by atoms with Gasteiger partial charge < -0.3 is 5.73 Å². The SMILES string of the molecule is CS(=O)(=O)c1ccc(N/N=C(\C#N)C(=N)N)cc1C(F)(F)F. The van der Waals surface area contributed by atoms with Crippen LogP contribution in [0.2, 0.25) is 0 Å². The van der Waals surface area contributed by atoms with E-state index in [0.29, 0.717) is 12.3 Å². The molecule has 0 saturated carbocycles. The number of halogens is 3. The first-order valence-electron chi connectivity index (χ1n) is 5.46. The fraction of sp³-hybridized carbons (Fsp3) is 0.182. The lowest BCUT2D eigenvalue weighted by molar-refractivity contribution is -0.139. The van der Waals surface area contributed by atoms with Crippen molar-refractivity contribution in [3.8, 4) is 6.07 Å². The number of amidine groups is 1. The molecular weight excluding hydrogens is 323 g/mol. The van der Waals surface area contributed by atoms with Crippen molar-refractivity contribution in [3.05, 3.63) is 23.8 Å². The van der Waals surface area contributed by atoms with Crippen LogP contribution in [0.5, 0.6) is 0 Å². The predicted molar refractivity (Wildman–Crippen MR) is 73.1 cm³/mol. The van der Waals surface area contributed by atoms with Crippen LogP contribution in [0.1, 0.15) is 5.56 Å². The van der Waals surface area contributed by atoms with Gasteiger partial charge in [0.2, 0.25) is 5.71 Å². The topological polar surface area (TPSA) is 132 Å². The predicted octanol–water partition coefficient (Wildman–Crippen LogP) is 1.34. The van der Waals surface area contributed by atoms with Crippen molar-refractivity contribution in [3.63, 3.8) is 0 Å². The minimum Gasteiger partial charge on any atom is -0.382 e. The Bertz CT molecular complexity index is 778. The van der Waals surface area contributed by atoms with Gasteiger partial charge in [0.05, 0.1) is 16.1 Å². The van der Waals surface area contributed by atoms with Crippen molar-refractivity contribution in [2.45, 2.75) is 11.1 Å². The molecular formula is C11H10F3N5O2S. The largest absolute Gasteiger partial charge is 0.417 e. The Morgan fingerprint density at radius 3 is 2.45 bits per heavy atom. The minimum absolute atomic E-state index is 0.214. The standard InChI is InChI=1S/C11H10F3N5O2S/c1-22(20,21)9-3-2-6(4-7(9)11(12,13)14)18-19-8(5-15)10(16)17/h2-4,18H,1H3,(H3,16,17)/b19-8+. The molecule has 0 aliphatic carbocycles. The van der Waals surface area contributed by atoms with Crippen LogP contribution in [0, 0.1) is 16.7 Å². The third-order valence-electron chi connectivity index (χ3n) is 2.34. The molecule has 0 fully saturated rings. The number of nitrogens with two attached hydrogens (primary N) is 1. The summed E-state index contributed by atoms with van der Waals surface area (Å²) in [6.45, 7) is 0. The van der Waals surface area contributed by atoms with Gasteiger partial charge in [0.15, 0.2) is 15.7 Å². The summed E-state index contributed by atoms with van der Waals surface area (Å²) in [6.07, 6.45) is -4.23. The van der Waals surface area contributed by atoms with Gasteiger partial charge in [0, 0.05) is 6.26 Å². The lowest BCUT2D eigenvalue weighted by Crippen LogP contribution is -2.22. The fourth-order valence-electron chi connectivity index (χ4n) is 1.41. The van der Waals surface area contributed by atoms with E-state index in [1.54, 1.807) is 0 Å². The molecule has 0 bridgehead atoms. The Morgan fingerprint density at radius 1 is 1.45 bits per heavy atom. The van der Waals surface area contributed by atoms with Crippen molar-refractivity contribution in [2.75, 3.05) is 11.7 Å². The van der Waals surface area contributed by atoms with E-state index in [2.05, 4.69) is 10.5 Å². The first-order valence-corrected chi connectivity index (χ1v) is 7.35. The fourth-order valence-corrected chi connectivity index (χ4v) is 2.30. The molecule has 0 saturated heterocycles. The van der Waals surface area contributed by atoms with E-state index >= 15 is 0 Å². The molecule has 1 aromatic rings. The zero-order valence-electron chi connectivity index (χ0n) is 11.1. The van der Waals surface area contributed by atoms with Crippen molar-refractivity contribution >= 4 is 27.1 Å². The van der Waals surface area contributed by atoms with Gasteiger partial charge in [-0.25, -0.2) is 8.42 Å². The first kappa shape index (κ1) is 17.4. The number of sulfone groups is 1. The first-order chi connectivity index (χ1) is 9.96. The Labute approximate surface area is 123 Å². The maximum Gasteiger partial charge on any atom is 0.417 e. The van der Waals surface area contributed by atoms with Crippen LogP contribution in [0.4, 0.5) is 18.9 Å². The van der Waals surface area contributed by atoms with Gasteiger partial charge in [-0.15, -0.1) is 0 Å². The number of rotatable bonds is 4. The minimum atomic E-state index is -4.89. The summed E-state index contributed by atoms with van der Waals surface area (Å²) >= 11 is 0. The lowest BCUT2D eigenvalue weighted by Gasteiger charge is -2.13. The average molecular weight is 333 g/mol. The Hall–Kier alpha value is -2.61. The lowest BCUT2D eigenvalue weighted by atomic mass is 10.2. The van der Waals surface area contributed by atoms with Gasteiger partial charge in [-0.2, -0.15) is 23.5 Å². The normalized spacial score (nSPS) is 12.6. The highest BCUT2D eigenvalue weighted by atomic mass is 32.2. The van der Waals surface area contributed by atoms with E-state index in [1.165, 1.54) is 6.07 Å². The molecule has 0 unspecified atom stereocenters. The third kappa shape index (κ3) is 4.19. The number of hydrogen-bond acceptors (Lipinski definition) is 6. The summed E-state index contributed by atoms with van der Waals surface area (Å²) < 4.78 is 61.5. The second kappa shape index (κ2) is 6.02. The Morgan fingerprint density at radius 2 is 2.05 bits per heavy atom. The maximum atomic E-state index is 12.9. The van der Waals surface area contributed by atoms with Crippen molar-refractivity contribution in [1.29, 1.82) is 10.7 Å². The Kier molecular flexibility index (Phi) is 4.77. The molecule has 0 radical (unpaired) electrons. The molecule has 7 nitrogen and oxygen atoms in total. The van der Waals surface area contributed by atoms with Gasteiger partial charge in [-0.1, -0.05) is 0 Å². The smallest absolute Gasteiger partial charge is 0.382 e. The Balaban J connectivity index is 3.34. The van der Waals surface area contributed by atoms with E-state index in [9.17, 15) is 21.6 Å². The van der Waals surface area contributed by atoms with Gasteiger partial charge in [0.1, 0.15) is 6.07 Å². The zero-order chi connectivity index (χ0) is 17.1. The van der Waals surface area contributed by atoms with Crippen molar-refractivity contribution < 1.29 is 21.6 Å². The molecule has 0 heterocycles. The van der Waals surface area contributed by atoms with Crippen LogP contribution in [0.3, 0.4) is 0 Å². The summed E-state index contributed by atoms with van der Waals surface area (Å²) in [5, 5.41) is 19.0. The van der Waals surface area contributed by atoms with Crippen LogP contribution in [0.25, 0.3) is 0 Å². The summed E-state index contributed by atoms with van der Waals surface area (Å²) in [5.74, 6) is -0.668.